The van der Waals surface area contributed by atoms with Crippen LogP contribution in [0.4, 0.5) is 0 Å². The van der Waals surface area contributed by atoms with Crippen molar-refractivity contribution in [1.29, 1.82) is 0 Å². The van der Waals surface area contributed by atoms with Gasteiger partial charge in [0.25, 0.3) is 5.91 Å². The lowest BCUT2D eigenvalue weighted by molar-refractivity contribution is -0.144. The molecule has 0 aromatic rings. The second-order valence-electron chi connectivity index (χ2n) is 4.14. The summed E-state index contributed by atoms with van der Waals surface area (Å²) in [5.41, 5.74) is 0. The van der Waals surface area contributed by atoms with E-state index in [9.17, 15) is 14.4 Å². The molecule has 1 unspecified atom stereocenters. The van der Waals surface area contributed by atoms with Crippen LogP contribution in [0, 0.1) is 5.92 Å². The molecule has 84 valence electrons. The van der Waals surface area contributed by atoms with Crippen LogP contribution in [0.2, 0.25) is 0 Å². The van der Waals surface area contributed by atoms with Crippen LogP contribution in [0.3, 0.4) is 0 Å². The molecule has 0 bridgehead atoms. The third kappa shape index (κ3) is 3.15. The van der Waals surface area contributed by atoms with Crippen LogP contribution in [0.25, 0.3) is 0 Å². The Balaban J connectivity index is 2.45. The zero-order chi connectivity index (χ0) is 11.4. The van der Waals surface area contributed by atoms with Crippen molar-refractivity contribution in [2.24, 2.45) is 5.92 Å². The first-order chi connectivity index (χ1) is 7.02. The van der Waals surface area contributed by atoms with Gasteiger partial charge in [-0.25, -0.2) is 0 Å². The minimum Gasteiger partial charge on any atom is -0.336 e. The second kappa shape index (κ2) is 5.05. The number of rotatable bonds is 4. The van der Waals surface area contributed by atoms with E-state index in [1.54, 1.807) is 11.8 Å². The fourth-order valence-electron chi connectivity index (χ4n) is 1.61. The minimum absolute atomic E-state index is 0.0439. The van der Waals surface area contributed by atoms with Gasteiger partial charge in [0.1, 0.15) is 5.78 Å². The lowest BCUT2D eigenvalue weighted by atomic mass is 10.0. The molecule has 0 saturated carbocycles. The average Bonchev–Trinajstić information content (AvgIpc) is 2.68. The third-order valence-electron chi connectivity index (χ3n) is 2.82. The standard InChI is InChI=1S/C11H17NO3/c1-8(9(2)13)7-10(14)11(15)12-5-3-4-6-12/h8H,3-7H2,1-2H3. The van der Waals surface area contributed by atoms with E-state index in [-0.39, 0.29) is 18.1 Å². The molecule has 1 atom stereocenters. The fourth-order valence-corrected chi connectivity index (χ4v) is 1.61. The van der Waals surface area contributed by atoms with Crippen LogP contribution in [0.5, 0.6) is 0 Å². The maximum absolute atomic E-state index is 11.6. The Morgan fingerprint density at radius 1 is 1.20 bits per heavy atom. The van der Waals surface area contributed by atoms with Gasteiger partial charge in [-0.1, -0.05) is 6.92 Å². The molecule has 1 aliphatic heterocycles. The minimum atomic E-state index is -0.431. The van der Waals surface area contributed by atoms with Gasteiger partial charge in [-0.3, -0.25) is 14.4 Å². The molecule has 0 aromatic heterocycles. The highest BCUT2D eigenvalue weighted by Crippen LogP contribution is 2.11. The Morgan fingerprint density at radius 2 is 1.73 bits per heavy atom. The smallest absolute Gasteiger partial charge is 0.289 e. The summed E-state index contributed by atoms with van der Waals surface area (Å²) in [4.78, 5) is 35.6. The summed E-state index contributed by atoms with van der Waals surface area (Å²) in [6.45, 7) is 4.48. The van der Waals surface area contributed by atoms with Crippen molar-refractivity contribution in [3.05, 3.63) is 0 Å². The molecule has 0 aromatic carbocycles. The van der Waals surface area contributed by atoms with E-state index in [0.717, 1.165) is 12.8 Å². The van der Waals surface area contributed by atoms with Crippen molar-refractivity contribution in [1.82, 2.24) is 4.90 Å². The van der Waals surface area contributed by atoms with Crippen molar-refractivity contribution < 1.29 is 14.4 Å². The normalized spacial score (nSPS) is 17.6. The van der Waals surface area contributed by atoms with Crippen LogP contribution >= 0.6 is 0 Å². The number of Topliss-reactive ketones (excluding diaryl/α,β-unsaturated/α-hetero) is 2. The molecule has 4 heteroatoms. The van der Waals surface area contributed by atoms with E-state index in [2.05, 4.69) is 0 Å². The Kier molecular flexibility index (Phi) is 4.00. The Bertz CT molecular complexity index is 280. The van der Waals surface area contributed by atoms with E-state index in [4.69, 9.17) is 0 Å². The number of amides is 1. The highest BCUT2D eigenvalue weighted by Gasteiger charge is 2.26. The highest BCUT2D eigenvalue weighted by atomic mass is 16.2. The van der Waals surface area contributed by atoms with Crippen LogP contribution in [-0.4, -0.2) is 35.5 Å². The van der Waals surface area contributed by atoms with Crippen molar-refractivity contribution in [3.63, 3.8) is 0 Å². The number of likely N-dealkylation sites (tertiary alicyclic amines) is 1. The molecule has 0 aliphatic carbocycles. The van der Waals surface area contributed by atoms with E-state index >= 15 is 0 Å². The molecule has 0 spiro atoms. The van der Waals surface area contributed by atoms with Gasteiger partial charge in [0.05, 0.1) is 0 Å². The topological polar surface area (TPSA) is 54.5 Å². The highest BCUT2D eigenvalue weighted by molar-refractivity contribution is 6.36. The molecule has 0 N–H and O–H groups in total. The van der Waals surface area contributed by atoms with Gasteiger partial charge in [-0.15, -0.1) is 0 Å². The monoisotopic (exact) mass is 211 g/mol. The van der Waals surface area contributed by atoms with Gasteiger partial charge >= 0.3 is 0 Å². The summed E-state index contributed by atoms with van der Waals surface area (Å²) in [7, 11) is 0. The first-order valence-corrected chi connectivity index (χ1v) is 5.35. The van der Waals surface area contributed by atoms with E-state index in [1.807, 2.05) is 0 Å². The molecule has 4 nitrogen and oxygen atoms in total. The molecule has 15 heavy (non-hydrogen) atoms. The van der Waals surface area contributed by atoms with Crippen LogP contribution in [0.15, 0.2) is 0 Å². The molecule has 0 radical (unpaired) electrons. The average molecular weight is 211 g/mol. The summed E-state index contributed by atoms with van der Waals surface area (Å²) < 4.78 is 0. The predicted octanol–water partition coefficient (Wildman–Crippen LogP) is 0.793. The SMILES string of the molecule is CC(=O)C(C)CC(=O)C(=O)N1CCCC1. The Labute approximate surface area is 89.6 Å². The van der Waals surface area contributed by atoms with Gasteiger partial charge in [-0.05, 0) is 19.8 Å². The van der Waals surface area contributed by atoms with Crippen LogP contribution in [-0.2, 0) is 14.4 Å². The van der Waals surface area contributed by atoms with Gasteiger partial charge in [0, 0.05) is 25.4 Å². The zero-order valence-electron chi connectivity index (χ0n) is 9.28. The molecular formula is C11H17NO3. The number of nitrogens with zero attached hydrogens (tertiary/aromatic N) is 1. The van der Waals surface area contributed by atoms with Crippen LogP contribution in [0.1, 0.15) is 33.1 Å². The van der Waals surface area contributed by atoms with Gasteiger partial charge in [0.2, 0.25) is 5.78 Å². The summed E-state index contributed by atoms with van der Waals surface area (Å²) in [5, 5.41) is 0. The molecule has 1 rings (SSSR count). The lowest BCUT2D eigenvalue weighted by Gasteiger charge is -2.14. The second-order valence-corrected chi connectivity index (χ2v) is 4.14. The largest absolute Gasteiger partial charge is 0.336 e. The van der Waals surface area contributed by atoms with Gasteiger partial charge < -0.3 is 4.90 Å². The number of hydrogen-bond donors (Lipinski definition) is 0. The lowest BCUT2D eigenvalue weighted by Crippen LogP contribution is -2.35. The van der Waals surface area contributed by atoms with Gasteiger partial charge in [0.15, 0.2) is 0 Å². The van der Waals surface area contributed by atoms with E-state index in [1.165, 1.54) is 6.92 Å². The number of hydrogen-bond acceptors (Lipinski definition) is 3. The van der Waals surface area contributed by atoms with Crippen molar-refractivity contribution in [2.45, 2.75) is 33.1 Å². The van der Waals surface area contributed by atoms with E-state index < -0.39 is 11.7 Å². The predicted molar refractivity (Wildman–Crippen MR) is 55.3 cm³/mol. The van der Waals surface area contributed by atoms with Crippen molar-refractivity contribution in [3.8, 4) is 0 Å². The molecular weight excluding hydrogens is 194 g/mol. The molecule has 1 aliphatic rings. The summed E-state index contributed by atoms with van der Waals surface area (Å²) >= 11 is 0. The van der Waals surface area contributed by atoms with Crippen LogP contribution < -0.4 is 0 Å². The van der Waals surface area contributed by atoms with Gasteiger partial charge in [-0.2, -0.15) is 0 Å². The number of ketones is 2. The summed E-state index contributed by atoms with van der Waals surface area (Å²) in [6, 6.07) is 0. The maximum atomic E-state index is 11.6. The molecule has 1 saturated heterocycles. The quantitative estimate of drug-likeness (QED) is 0.646. The first kappa shape index (κ1) is 11.9. The number of carbonyl (C=O) groups is 3. The fraction of sp³-hybridized carbons (Fsp3) is 0.727. The summed E-state index contributed by atoms with van der Waals surface area (Å²) in [5.74, 6) is -1.23. The van der Waals surface area contributed by atoms with Crippen molar-refractivity contribution in [2.75, 3.05) is 13.1 Å². The zero-order valence-corrected chi connectivity index (χ0v) is 9.28. The summed E-state index contributed by atoms with van der Waals surface area (Å²) in [6.07, 6.45) is 1.99. The molecule has 1 amide bonds. The molecule has 1 fully saturated rings. The maximum Gasteiger partial charge on any atom is 0.289 e. The molecule has 1 heterocycles. The third-order valence-corrected chi connectivity index (χ3v) is 2.82. The Morgan fingerprint density at radius 3 is 2.20 bits per heavy atom. The van der Waals surface area contributed by atoms with Crippen molar-refractivity contribution >= 4 is 17.5 Å². The Hall–Kier alpha value is -1.19. The van der Waals surface area contributed by atoms with E-state index in [0.29, 0.717) is 13.1 Å². The number of carbonyl (C=O) groups excluding carboxylic acids is 3. The first-order valence-electron chi connectivity index (χ1n) is 5.35.